The molecule has 0 aliphatic carbocycles. The quantitative estimate of drug-likeness (QED) is 0.738. The zero-order chi connectivity index (χ0) is 17.4. The lowest BCUT2D eigenvalue weighted by atomic mass is 9.97. The van der Waals surface area contributed by atoms with E-state index >= 15 is 0 Å². The van der Waals surface area contributed by atoms with Crippen molar-refractivity contribution in [3.05, 3.63) is 35.6 Å². The van der Waals surface area contributed by atoms with Crippen LogP contribution in [0.5, 0.6) is 0 Å². The molecule has 1 aliphatic heterocycles. The molecule has 6 heteroatoms. The van der Waals surface area contributed by atoms with Crippen LogP contribution in [0.2, 0.25) is 0 Å². The third-order valence-corrected chi connectivity index (χ3v) is 4.83. The number of carbonyl (C=O) groups excluding carboxylic acids is 2. The van der Waals surface area contributed by atoms with Gasteiger partial charge in [0.2, 0.25) is 0 Å². The monoisotopic (exact) mass is 322 g/mol. The van der Waals surface area contributed by atoms with Crippen LogP contribution in [0.3, 0.4) is 0 Å². The fourth-order valence-electron chi connectivity index (χ4n) is 3.28. The fraction of sp³-hybridized carbons (Fsp3) is 0.529. The number of amides is 2. The van der Waals surface area contributed by atoms with E-state index < -0.39 is 23.4 Å². The lowest BCUT2D eigenvalue weighted by Crippen LogP contribution is -2.75. The second-order valence-corrected chi connectivity index (χ2v) is 7.14. The molecular formula is C17H23FN2O3. The molecule has 1 aliphatic rings. The van der Waals surface area contributed by atoms with E-state index in [9.17, 15) is 19.1 Å². The number of quaternary nitrogens is 1. The summed E-state index contributed by atoms with van der Waals surface area (Å²) in [6.45, 7) is 8.08. The average Bonchev–Trinajstić information content (AvgIpc) is 2.45. The number of benzene rings is 1. The number of rotatable bonds is 1. The zero-order valence-electron chi connectivity index (χ0n) is 14.0. The van der Waals surface area contributed by atoms with E-state index in [1.54, 1.807) is 17.9 Å². The maximum absolute atomic E-state index is 13.8. The van der Waals surface area contributed by atoms with Crippen LogP contribution in [0, 0.1) is 5.82 Å². The highest BCUT2D eigenvalue weighted by Gasteiger charge is 2.48. The van der Waals surface area contributed by atoms with Crippen LogP contribution < -0.4 is 5.11 Å². The van der Waals surface area contributed by atoms with Gasteiger partial charge < -0.3 is 14.8 Å². The zero-order valence-corrected chi connectivity index (χ0v) is 14.0. The third-order valence-electron chi connectivity index (χ3n) is 4.83. The number of hydrogen-bond acceptors (Lipinski definition) is 3. The molecule has 23 heavy (non-hydrogen) atoms. The van der Waals surface area contributed by atoms with Gasteiger partial charge in [-0.2, -0.15) is 0 Å². The molecule has 1 saturated heterocycles. The Hall–Kier alpha value is -1.95. The lowest BCUT2D eigenvalue weighted by molar-refractivity contribution is -0.925. The van der Waals surface area contributed by atoms with E-state index in [0.717, 1.165) is 0 Å². The van der Waals surface area contributed by atoms with Gasteiger partial charge in [-0.15, -0.1) is 0 Å². The van der Waals surface area contributed by atoms with Crippen molar-refractivity contribution in [2.24, 2.45) is 0 Å². The summed E-state index contributed by atoms with van der Waals surface area (Å²) >= 11 is 0. The van der Waals surface area contributed by atoms with Gasteiger partial charge in [0.15, 0.2) is 0 Å². The van der Waals surface area contributed by atoms with E-state index in [-0.39, 0.29) is 35.7 Å². The van der Waals surface area contributed by atoms with Crippen LogP contribution in [-0.2, 0) is 0 Å². The van der Waals surface area contributed by atoms with Gasteiger partial charge in [0.05, 0.1) is 23.7 Å². The Balaban J connectivity index is 2.27. The average molecular weight is 322 g/mol. The SMILES string of the molecule is C[C@H]1C[N+](C(=O)[O-])(C(C)(C)C)CCN1C(=O)c1ccccc1F. The predicted octanol–water partition coefficient (Wildman–Crippen LogP) is 1.63. The van der Waals surface area contributed by atoms with Gasteiger partial charge >= 0.3 is 0 Å². The summed E-state index contributed by atoms with van der Waals surface area (Å²) in [6.07, 6.45) is -1.14. The molecular weight excluding hydrogens is 299 g/mol. The number of piperazine rings is 1. The van der Waals surface area contributed by atoms with Crippen molar-refractivity contribution in [2.75, 3.05) is 19.6 Å². The number of carbonyl (C=O) groups is 2. The summed E-state index contributed by atoms with van der Waals surface area (Å²) in [6, 6.07) is 5.51. The summed E-state index contributed by atoms with van der Waals surface area (Å²) in [5, 5.41) is 11.8. The molecule has 0 radical (unpaired) electrons. The van der Waals surface area contributed by atoms with Crippen molar-refractivity contribution < 1.29 is 23.6 Å². The van der Waals surface area contributed by atoms with Crippen molar-refractivity contribution >= 4 is 12.0 Å². The van der Waals surface area contributed by atoms with Crippen molar-refractivity contribution in [2.45, 2.75) is 39.3 Å². The van der Waals surface area contributed by atoms with Gasteiger partial charge in [-0.3, -0.25) is 9.28 Å². The Kier molecular flexibility index (Phi) is 4.48. The molecule has 1 aromatic rings. The Morgan fingerprint density at radius 1 is 1.30 bits per heavy atom. The van der Waals surface area contributed by atoms with Gasteiger partial charge in [-0.05, 0) is 39.8 Å². The second-order valence-electron chi connectivity index (χ2n) is 7.14. The van der Waals surface area contributed by atoms with Gasteiger partial charge in [0.1, 0.15) is 18.9 Å². The molecule has 0 N–H and O–H groups in total. The molecule has 0 aromatic heterocycles. The molecule has 2 rings (SSSR count). The van der Waals surface area contributed by atoms with Gasteiger partial charge in [0.25, 0.3) is 12.0 Å². The largest absolute Gasteiger partial charge is 0.498 e. The van der Waals surface area contributed by atoms with Crippen molar-refractivity contribution in [3.8, 4) is 0 Å². The minimum Gasteiger partial charge on any atom is -0.498 e. The highest BCUT2D eigenvalue weighted by atomic mass is 19.1. The first-order valence-electron chi connectivity index (χ1n) is 7.74. The molecule has 2 atom stereocenters. The molecule has 0 spiro atoms. The highest BCUT2D eigenvalue weighted by molar-refractivity contribution is 5.94. The first kappa shape index (κ1) is 17.4. The van der Waals surface area contributed by atoms with E-state index in [1.807, 2.05) is 20.8 Å². The molecule has 1 aromatic carbocycles. The molecule has 0 saturated carbocycles. The summed E-state index contributed by atoms with van der Waals surface area (Å²) < 4.78 is 13.6. The normalized spacial score (nSPS) is 25.3. The number of hydrogen-bond donors (Lipinski definition) is 0. The van der Waals surface area contributed by atoms with Crippen LogP contribution in [0.25, 0.3) is 0 Å². The molecule has 1 heterocycles. The number of nitrogens with zero attached hydrogens (tertiary/aromatic N) is 2. The van der Waals surface area contributed by atoms with E-state index in [4.69, 9.17) is 0 Å². The van der Waals surface area contributed by atoms with Crippen molar-refractivity contribution in [1.82, 2.24) is 4.90 Å². The second kappa shape index (κ2) is 5.92. The van der Waals surface area contributed by atoms with Crippen molar-refractivity contribution in [1.29, 1.82) is 0 Å². The van der Waals surface area contributed by atoms with Crippen LogP contribution in [0.1, 0.15) is 38.1 Å². The smallest absolute Gasteiger partial charge is 0.257 e. The summed E-state index contributed by atoms with van der Waals surface area (Å²) in [5.41, 5.74) is -0.524. The fourth-order valence-corrected chi connectivity index (χ4v) is 3.28. The first-order chi connectivity index (χ1) is 10.6. The molecule has 5 nitrogen and oxygen atoms in total. The minimum absolute atomic E-state index is 0.0172. The number of halogens is 1. The predicted molar refractivity (Wildman–Crippen MR) is 82.0 cm³/mol. The maximum atomic E-state index is 13.8. The number of carboxylic acid groups (broad SMARTS) is 1. The standard InChI is InChI=1S/C17H23FN2O3/c1-12-11-20(16(22)23,17(2,3)4)10-9-19(12)15(21)13-7-5-6-8-14(13)18/h5-8,12H,9-11H2,1-4H3/t12-,20?/m0/s1. The molecule has 2 amide bonds. The molecule has 1 unspecified atom stereocenters. The lowest BCUT2D eigenvalue weighted by Gasteiger charge is -2.54. The third kappa shape index (κ3) is 2.95. The summed E-state index contributed by atoms with van der Waals surface area (Å²) in [4.78, 5) is 25.9. The van der Waals surface area contributed by atoms with Crippen LogP contribution in [0.4, 0.5) is 9.18 Å². The highest BCUT2D eigenvalue weighted by Crippen LogP contribution is 2.30. The molecule has 1 fully saturated rings. The van der Waals surface area contributed by atoms with Gasteiger partial charge in [-0.1, -0.05) is 12.1 Å². The molecule has 126 valence electrons. The Morgan fingerprint density at radius 2 is 1.91 bits per heavy atom. The Labute approximate surface area is 135 Å². The van der Waals surface area contributed by atoms with E-state index in [0.29, 0.717) is 0 Å². The topological polar surface area (TPSA) is 60.4 Å². The molecule has 0 bridgehead atoms. The Morgan fingerprint density at radius 3 is 2.39 bits per heavy atom. The van der Waals surface area contributed by atoms with E-state index in [1.165, 1.54) is 18.2 Å². The Bertz CT molecular complexity index is 627. The van der Waals surface area contributed by atoms with Crippen molar-refractivity contribution in [3.63, 3.8) is 0 Å². The van der Waals surface area contributed by atoms with Gasteiger partial charge in [0, 0.05) is 0 Å². The minimum atomic E-state index is -1.14. The van der Waals surface area contributed by atoms with E-state index in [2.05, 4.69) is 0 Å². The maximum Gasteiger partial charge on any atom is 0.257 e. The van der Waals surface area contributed by atoms with Crippen LogP contribution in [0.15, 0.2) is 24.3 Å². The summed E-state index contributed by atoms with van der Waals surface area (Å²) in [7, 11) is 0. The first-order valence-corrected chi connectivity index (χ1v) is 7.74. The van der Waals surface area contributed by atoms with Gasteiger partial charge in [-0.25, -0.2) is 4.39 Å². The summed E-state index contributed by atoms with van der Waals surface area (Å²) in [5.74, 6) is -0.965. The van der Waals surface area contributed by atoms with Crippen LogP contribution >= 0.6 is 0 Å². The van der Waals surface area contributed by atoms with Crippen LogP contribution in [-0.4, -0.2) is 52.6 Å².